The van der Waals surface area contributed by atoms with E-state index in [2.05, 4.69) is 15.9 Å². The third-order valence-corrected chi connectivity index (χ3v) is 2.29. The van der Waals surface area contributed by atoms with Crippen LogP contribution in [-0.2, 0) is 5.33 Å². The van der Waals surface area contributed by atoms with Crippen LogP contribution in [0.1, 0.15) is 5.56 Å². The van der Waals surface area contributed by atoms with Crippen LogP contribution < -0.4 is 4.74 Å². The monoisotopic (exact) mass is 263 g/mol. The van der Waals surface area contributed by atoms with Crippen molar-refractivity contribution in [1.29, 1.82) is 0 Å². The molecule has 1 rings (SSSR count). The zero-order valence-corrected chi connectivity index (χ0v) is 8.88. The summed E-state index contributed by atoms with van der Waals surface area (Å²) in [6, 6.07) is 2.46. The van der Waals surface area contributed by atoms with E-state index in [1.165, 1.54) is 13.2 Å². The van der Waals surface area contributed by atoms with Gasteiger partial charge in [0.15, 0.2) is 0 Å². The molecule has 1 aromatic rings. The van der Waals surface area contributed by atoms with E-state index in [1.54, 1.807) is 0 Å². The number of hydrogen-bond donors (Lipinski definition) is 0. The average molecular weight is 264 g/mol. The molecule has 0 fully saturated rings. The Bertz CT molecular complexity index is 370. The van der Waals surface area contributed by atoms with E-state index in [4.69, 9.17) is 4.74 Å². The van der Waals surface area contributed by atoms with Gasteiger partial charge in [0.05, 0.1) is 12.0 Å². The lowest BCUT2D eigenvalue weighted by atomic mass is 10.2. The highest BCUT2D eigenvalue weighted by molar-refractivity contribution is 9.08. The van der Waals surface area contributed by atoms with Gasteiger partial charge in [-0.3, -0.25) is 10.1 Å². The standard InChI is InChI=1S/C8H7BrFNO3/c1-14-7-3-2-6(11(12)13)8(10)5(7)4-9/h2-3H,4H2,1H3. The van der Waals surface area contributed by atoms with Crippen LogP contribution in [0.3, 0.4) is 0 Å². The molecule has 0 saturated carbocycles. The fourth-order valence-electron chi connectivity index (χ4n) is 1.05. The number of halogens is 2. The second-order valence-electron chi connectivity index (χ2n) is 2.47. The van der Waals surface area contributed by atoms with Crippen LogP contribution in [0.4, 0.5) is 10.1 Å². The van der Waals surface area contributed by atoms with Crippen LogP contribution in [0.2, 0.25) is 0 Å². The highest BCUT2D eigenvalue weighted by atomic mass is 79.9. The van der Waals surface area contributed by atoms with Gasteiger partial charge in [-0.05, 0) is 6.07 Å². The summed E-state index contributed by atoms with van der Waals surface area (Å²) in [6.07, 6.45) is 0. The Hall–Kier alpha value is -1.17. The van der Waals surface area contributed by atoms with Crippen LogP contribution in [-0.4, -0.2) is 12.0 Å². The van der Waals surface area contributed by atoms with E-state index < -0.39 is 16.4 Å². The first-order valence-corrected chi connectivity index (χ1v) is 4.79. The number of benzene rings is 1. The lowest BCUT2D eigenvalue weighted by molar-refractivity contribution is -0.387. The van der Waals surface area contributed by atoms with Gasteiger partial charge < -0.3 is 4.74 Å². The Labute approximate surface area is 88.0 Å². The molecule has 6 heteroatoms. The van der Waals surface area contributed by atoms with Gasteiger partial charge in [-0.15, -0.1) is 0 Å². The van der Waals surface area contributed by atoms with Gasteiger partial charge in [-0.2, -0.15) is 4.39 Å². The predicted molar refractivity (Wildman–Crippen MR) is 52.2 cm³/mol. The molecule has 0 spiro atoms. The van der Waals surface area contributed by atoms with Crippen molar-refractivity contribution in [2.24, 2.45) is 0 Å². The van der Waals surface area contributed by atoms with Crippen molar-refractivity contribution in [2.75, 3.05) is 7.11 Å². The predicted octanol–water partition coefficient (Wildman–Crippen LogP) is 2.64. The summed E-state index contributed by atoms with van der Waals surface area (Å²) in [7, 11) is 1.38. The van der Waals surface area contributed by atoms with Crippen LogP contribution in [0.15, 0.2) is 12.1 Å². The smallest absolute Gasteiger partial charge is 0.305 e. The molecular formula is C8H7BrFNO3. The number of rotatable bonds is 3. The zero-order valence-electron chi connectivity index (χ0n) is 7.29. The molecule has 0 amide bonds. The molecule has 0 aliphatic carbocycles. The molecule has 76 valence electrons. The SMILES string of the molecule is COc1ccc([N+](=O)[O-])c(F)c1CBr. The summed E-state index contributed by atoms with van der Waals surface area (Å²) < 4.78 is 18.3. The maximum atomic E-state index is 13.4. The van der Waals surface area contributed by atoms with Crippen molar-refractivity contribution in [3.05, 3.63) is 33.6 Å². The Balaban J connectivity index is 3.34. The molecule has 1 aromatic carbocycles. The Morgan fingerprint density at radius 2 is 2.29 bits per heavy atom. The van der Waals surface area contributed by atoms with Gasteiger partial charge in [0.2, 0.25) is 5.82 Å². The number of alkyl halides is 1. The quantitative estimate of drug-likeness (QED) is 0.479. The minimum absolute atomic E-state index is 0.154. The van der Waals surface area contributed by atoms with Crippen molar-refractivity contribution in [1.82, 2.24) is 0 Å². The first-order chi connectivity index (χ1) is 6.61. The molecule has 4 nitrogen and oxygen atoms in total. The van der Waals surface area contributed by atoms with E-state index in [0.717, 1.165) is 6.07 Å². The normalized spacial score (nSPS) is 9.93. The van der Waals surface area contributed by atoms with E-state index in [-0.39, 0.29) is 10.9 Å². The molecule has 0 N–H and O–H groups in total. The molecule has 0 aromatic heterocycles. The Morgan fingerprint density at radius 3 is 2.71 bits per heavy atom. The van der Waals surface area contributed by atoms with E-state index >= 15 is 0 Å². The second kappa shape index (κ2) is 4.36. The first kappa shape index (κ1) is 10.9. The Morgan fingerprint density at radius 1 is 1.64 bits per heavy atom. The number of hydrogen-bond acceptors (Lipinski definition) is 3. The molecule has 0 unspecified atom stereocenters. The van der Waals surface area contributed by atoms with Gasteiger partial charge >= 0.3 is 5.69 Å². The van der Waals surface area contributed by atoms with Crippen LogP contribution >= 0.6 is 15.9 Å². The highest BCUT2D eigenvalue weighted by Crippen LogP contribution is 2.30. The van der Waals surface area contributed by atoms with Gasteiger partial charge in [-0.1, -0.05) is 15.9 Å². The minimum atomic E-state index is -0.855. The maximum absolute atomic E-state index is 13.4. The summed E-state index contributed by atoms with van der Waals surface area (Å²) in [4.78, 5) is 9.64. The first-order valence-electron chi connectivity index (χ1n) is 3.67. The minimum Gasteiger partial charge on any atom is -0.496 e. The molecule has 0 aliphatic rings. The van der Waals surface area contributed by atoms with Crippen molar-refractivity contribution in [2.45, 2.75) is 5.33 Å². The van der Waals surface area contributed by atoms with Gasteiger partial charge in [0, 0.05) is 17.0 Å². The van der Waals surface area contributed by atoms with Gasteiger partial charge in [0.25, 0.3) is 0 Å². The van der Waals surface area contributed by atoms with Crippen LogP contribution in [0.5, 0.6) is 5.75 Å². The summed E-state index contributed by atoms with van der Waals surface area (Å²) in [6.45, 7) is 0. The molecule has 0 heterocycles. The van der Waals surface area contributed by atoms with Gasteiger partial charge in [-0.25, -0.2) is 0 Å². The van der Waals surface area contributed by atoms with Crippen molar-refractivity contribution in [3.63, 3.8) is 0 Å². The molecule has 0 bridgehead atoms. The van der Waals surface area contributed by atoms with E-state index in [1.807, 2.05) is 0 Å². The van der Waals surface area contributed by atoms with E-state index in [9.17, 15) is 14.5 Å². The number of methoxy groups -OCH3 is 1. The number of nitrogens with zero attached hydrogens (tertiary/aromatic N) is 1. The second-order valence-corrected chi connectivity index (χ2v) is 3.03. The summed E-state index contributed by atoms with van der Waals surface area (Å²) >= 11 is 3.04. The molecule has 14 heavy (non-hydrogen) atoms. The zero-order chi connectivity index (χ0) is 10.7. The van der Waals surface area contributed by atoms with E-state index in [0.29, 0.717) is 5.75 Å². The number of nitro groups is 1. The summed E-state index contributed by atoms with van der Waals surface area (Å²) in [5.41, 5.74) is -0.387. The highest BCUT2D eigenvalue weighted by Gasteiger charge is 2.20. The van der Waals surface area contributed by atoms with Crippen molar-refractivity contribution in [3.8, 4) is 5.75 Å². The lowest BCUT2D eigenvalue weighted by Gasteiger charge is -2.06. The maximum Gasteiger partial charge on any atom is 0.305 e. The summed E-state index contributed by atoms with van der Waals surface area (Å²) in [5, 5.41) is 10.6. The van der Waals surface area contributed by atoms with Gasteiger partial charge in [0.1, 0.15) is 5.75 Å². The van der Waals surface area contributed by atoms with Crippen LogP contribution in [0, 0.1) is 15.9 Å². The van der Waals surface area contributed by atoms with Crippen molar-refractivity contribution < 1.29 is 14.1 Å². The van der Waals surface area contributed by atoms with Crippen molar-refractivity contribution >= 4 is 21.6 Å². The molecule has 0 aliphatic heterocycles. The number of ether oxygens (including phenoxy) is 1. The summed E-state index contributed by atoms with van der Waals surface area (Å²) in [5.74, 6) is -0.559. The molecule has 0 saturated heterocycles. The topological polar surface area (TPSA) is 52.4 Å². The fraction of sp³-hybridized carbons (Fsp3) is 0.250. The average Bonchev–Trinajstić information content (AvgIpc) is 2.16. The number of nitro benzene ring substituents is 1. The molecule has 0 atom stereocenters. The third kappa shape index (κ3) is 1.84. The van der Waals surface area contributed by atoms with Crippen LogP contribution in [0.25, 0.3) is 0 Å². The largest absolute Gasteiger partial charge is 0.496 e. The third-order valence-electron chi connectivity index (χ3n) is 1.73. The lowest BCUT2D eigenvalue weighted by Crippen LogP contribution is -1.99. The fourth-order valence-corrected chi connectivity index (χ4v) is 1.57. The molecular weight excluding hydrogens is 257 g/mol. The molecule has 0 radical (unpaired) electrons. The Kier molecular flexibility index (Phi) is 3.40.